The fourth-order valence-corrected chi connectivity index (χ4v) is 3.22. The van der Waals surface area contributed by atoms with E-state index in [1.54, 1.807) is 20.4 Å². The number of carbonyl (C=O) groups is 1. The van der Waals surface area contributed by atoms with Crippen molar-refractivity contribution < 1.29 is 19.0 Å². The molecule has 1 aliphatic heterocycles. The molecule has 1 fully saturated rings. The van der Waals surface area contributed by atoms with Crippen molar-refractivity contribution in [2.45, 2.75) is 32.3 Å². The molecule has 1 aromatic heterocycles. The molecule has 0 atom stereocenters. The van der Waals surface area contributed by atoms with Gasteiger partial charge in [0.05, 0.1) is 26.8 Å². The van der Waals surface area contributed by atoms with Crippen LogP contribution in [-0.4, -0.2) is 49.2 Å². The maximum atomic E-state index is 12.6. The van der Waals surface area contributed by atoms with Crippen LogP contribution in [0.25, 0.3) is 0 Å². The number of rotatable bonds is 6. The summed E-state index contributed by atoms with van der Waals surface area (Å²) in [6.07, 6.45) is 3.88. The minimum Gasteiger partial charge on any atom is -0.493 e. The zero-order valence-corrected chi connectivity index (χ0v) is 16.1. The number of aryl methyl sites for hydroxylation is 1. The number of methoxy groups -OCH3 is 2. The summed E-state index contributed by atoms with van der Waals surface area (Å²) in [5, 5.41) is 0. The van der Waals surface area contributed by atoms with E-state index < -0.39 is 0 Å². The second-order valence-electron chi connectivity index (χ2n) is 6.70. The Labute approximate surface area is 160 Å². The zero-order chi connectivity index (χ0) is 19.2. The van der Waals surface area contributed by atoms with Crippen LogP contribution in [0.3, 0.4) is 0 Å². The molecule has 0 bridgehead atoms. The Morgan fingerprint density at radius 2 is 1.85 bits per heavy atom. The lowest BCUT2D eigenvalue weighted by Gasteiger charge is -2.32. The van der Waals surface area contributed by atoms with Crippen LogP contribution in [0.4, 0.5) is 0 Å². The lowest BCUT2D eigenvalue weighted by molar-refractivity contribution is -0.132. The first kappa shape index (κ1) is 19.0. The highest BCUT2D eigenvalue weighted by Crippen LogP contribution is 2.28. The van der Waals surface area contributed by atoms with Gasteiger partial charge in [0, 0.05) is 31.6 Å². The van der Waals surface area contributed by atoms with Gasteiger partial charge in [0.2, 0.25) is 5.91 Å². The SMILES string of the molecule is COc1ccc(CC(=O)N2CCC(Oc3ccc(C)nc3)CC2)cc1OC. The van der Waals surface area contributed by atoms with Gasteiger partial charge in [-0.2, -0.15) is 0 Å². The predicted octanol–water partition coefficient (Wildman–Crippen LogP) is 3.02. The van der Waals surface area contributed by atoms with Gasteiger partial charge in [-0.1, -0.05) is 6.07 Å². The van der Waals surface area contributed by atoms with Crippen molar-refractivity contribution in [3.8, 4) is 17.2 Å². The fourth-order valence-electron chi connectivity index (χ4n) is 3.22. The number of nitrogens with zero attached hydrogens (tertiary/aromatic N) is 2. The Hall–Kier alpha value is -2.76. The van der Waals surface area contributed by atoms with E-state index in [2.05, 4.69) is 4.98 Å². The normalized spacial score (nSPS) is 14.7. The molecule has 144 valence electrons. The van der Waals surface area contributed by atoms with Crippen molar-refractivity contribution in [2.75, 3.05) is 27.3 Å². The Bertz CT molecular complexity index is 768. The molecule has 27 heavy (non-hydrogen) atoms. The first-order chi connectivity index (χ1) is 13.1. The third-order valence-electron chi connectivity index (χ3n) is 4.78. The van der Waals surface area contributed by atoms with Crippen LogP contribution in [0, 0.1) is 6.92 Å². The average Bonchev–Trinajstić information content (AvgIpc) is 2.70. The Morgan fingerprint density at radius 1 is 1.11 bits per heavy atom. The van der Waals surface area contributed by atoms with Crippen LogP contribution in [-0.2, 0) is 11.2 Å². The Kier molecular flexibility index (Phi) is 6.16. The summed E-state index contributed by atoms with van der Waals surface area (Å²) in [7, 11) is 3.19. The molecular formula is C21H26N2O4. The summed E-state index contributed by atoms with van der Waals surface area (Å²) < 4.78 is 16.5. The van der Waals surface area contributed by atoms with Gasteiger partial charge in [0.25, 0.3) is 0 Å². The molecule has 1 aromatic carbocycles. The molecule has 0 N–H and O–H groups in total. The lowest BCUT2D eigenvalue weighted by Crippen LogP contribution is -2.42. The summed E-state index contributed by atoms with van der Waals surface area (Å²) in [6.45, 7) is 3.36. The summed E-state index contributed by atoms with van der Waals surface area (Å²) in [6, 6.07) is 9.47. The van der Waals surface area contributed by atoms with Gasteiger partial charge in [-0.25, -0.2) is 0 Å². The maximum absolute atomic E-state index is 12.6. The van der Waals surface area contributed by atoms with Crippen molar-refractivity contribution in [2.24, 2.45) is 0 Å². The first-order valence-electron chi connectivity index (χ1n) is 9.17. The van der Waals surface area contributed by atoms with Gasteiger partial charge in [-0.3, -0.25) is 9.78 Å². The second-order valence-corrected chi connectivity index (χ2v) is 6.70. The van der Waals surface area contributed by atoms with Crippen molar-refractivity contribution in [1.29, 1.82) is 0 Å². The molecule has 1 saturated heterocycles. The summed E-state index contributed by atoms with van der Waals surface area (Å²) in [5.41, 5.74) is 1.89. The second kappa shape index (κ2) is 8.75. The van der Waals surface area contributed by atoms with Crippen LogP contribution in [0.15, 0.2) is 36.5 Å². The highest BCUT2D eigenvalue weighted by atomic mass is 16.5. The van der Waals surface area contributed by atoms with Crippen LogP contribution < -0.4 is 14.2 Å². The number of piperidine rings is 1. The first-order valence-corrected chi connectivity index (χ1v) is 9.17. The van der Waals surface area contributed by atoms with Gasteiger partial charge < -0.3 is 19.1 Å². The Morgan fingerprint density at radius 3 is 2.48 bits per heavy atom. The van der Waals surface area contributed by atoms with E-state index in [0.717, 1.165) is 29.8 Å². The van der Waals surface area contributed by atoms with E-state index in [0.29, 0.717) is 31.0 Å². The van der Waals surface area contributed by atoms with Gasteiger partial charge in [0.15, 0.2) is 11.5 Å². The van der Waals surface area contributed by atoms with Crippen LogP contribution in [0.1, 0.15) is 24.1 Å². The van der Waals surface area contributed by atoms with Gasteiger partial charge in [-0.05, 0) is 36.8 Å². The molecule has 6 nitrogen and oxygen atoms in total. The molecule has 0 radical (unpaired) electrons. The largest absolute Gasteiger partial charge is 0.493 e. The van der Waals surface area contributed by atoms with Crippen LogP contribution in [0.5, 0.6) is 17.2 Å². The molecule has 6 heteroatoms. The van der Waals surface area contributed by atoms with E-state index in [-0.39, 0.29) is 12.0 Å². The van der Waals surface area contributed by atoms with Gasteiger partial charge in [-0.15, -0.1) is 0 Å². The standard InChI is InChI=1S/C21H26N2O4/c1-15-4-6-18(14-22-15)27-17-8-10-23(11-9-17)21(24)13-16-5-7-19(25-2)20(12-16)26-3/h4-7,12,14,17H,8-11,13H2,1-3H3. The van der Waals surface area contributed by atoms with Crippen molar-refractivity contribution in [3.63, 3.8) is 0 Å². The number of carbonyl (C=O) groups excluding carboxylic acids is 1. The Balaban J connectivity index is 1.51. The van der Waals surface area contributed by atoms with E-state index in [1.807, 2.05) is 42.2 Å². The number of ether oxygens (including phenoxy) is 3. The van der Waals surface area contributed by atoms with Crippen LogP contribution >= 0.6 is 0 Å². The predicted molar refractivity (Wildman–Crippen MR) is 102 cm³/mol. The summed E-state index contributed by atoms with van der Waals surface area (Å²) in [5.74, 6) is 2.22. The third-order valence-corrected chi connectivity index (χ3v) is 4.78. The molecular weight excluding hydrogens is 344 g/mol. The summed E-state index contributed by atoms with van der Waals surface area (Å²) >= 11 is 0. The molecule has 2 aromatic rings. The number of amides is 1. The topological polar surface area (TPSA) is 60.9 Å². The maximum Gasteiger partial charge on any atom is 0.226 e. The number of likely N-dealkylation sites (tertiary alicyclic amines) is 1. The molecule has 0 unspecified atom stereocenters. The van der Waals surface area contributed by atoms with Crippen molar-refractivity contribution >= 4 is 5.91 Å². The van der Waals surface area contributed by atoms with E-state index >= 15 is 0 Å². The van der Waals surface area contributed by atoms with Gasteiger partial charge >= 0.3 is 0 Å². The minimum absolute atomic E-state index is 0.123. The minimum atomic E-state index is 0.123. The molecule has 1 amide bonds. The smallest absolute Gasteiger partial charge is 0.226 e. The number of pyridine rings is 1. The highest BCUT2D eigenvalue weighted by Gasteiger charge is 2.24. The molecule has 1 aliphatic rings. The molecule has 2 heterocycles. The number of hydrogen-bond donors (Lipinski definition) is 0. The highest BCUT2D eigenvalue weighted by molar-refractivity contribution is 5.79. The van der Waals surface area contributed by atoms with E-state index in [9.17, 15) is 4.79 Å². The van der Waals surface area contributed by atoms with Crippen LogP contribution in [0.2, 0.25) is 0 Å². The fraction of sp³-hybridized carbons (Fsp3) is 0.429. The molecule has 0 aliphatic carbocycles. The molecule has 0 saturated carbocycles. The summed E-state index contributed by atoms with van der Waals surface area (Å²) in [4.78, 5) is 18.8. The van der Waals surface area contributed by atoms with E-state index in [1.165, 1.54) is 0 Å². The lowest BCUT2D eigenvalue weighted by atomic mass is 10.1. The van der Waals surface area contributed by atoms with Gasteiger partial charge in [0.1, 0.15) is 11.9 Å². The quantitative estimate of drug-likeness (QED) is 0.782. The average molecular weight is 370 g/mol. The van der Waals surface area contributed by atoms with Crippen molar-refractivity contribution in [3.05, 3.63) is 47.8 Å². The monoisotopic (exact) mass is 370 g/mol. The third kappa shape index (κ3) is 4.90. The van der Waals surface area contributed by atoms with E-state index in [4.69, 9.17) is 14.2 Å². The number of hydrogen-bond acceptors (Lipinski definition) is 5. The number of aromatic nitrogens is 1. The zero-order valence-electron chi connectivity index (χ0n) is 16.1. The molecule has 3 rings (SSSR count). The van der Waals surface area contributed by atoms with Crippen molar-refractivity contribution in [1.82, 2.24) is 9.88 Å². The molecule has 0 spiro atoms. The number of benzene rings is 1.